The van der Waals surface area contributed by atoms with Crippen molar-refractivity contribution < 1.29 is 9.53 Å². The van der Waals surface area contributed by atoms with Crippen molar-refractivity contribution in [2.75, 3.05) is 7.11 Å². The standard InChI is InChI=1S/C16H23BrO2/c1-3-4-5-6-7-8-15(17)13-9-11-14(12-10-13)16(18)19-2/h9-12,15H,3-8H2,1-2H3. The molecule has 1 aromatic rings. The first-order valence-corrected chi connectivity index (χ1v) is 7.93. The maximum Gasteiger partial charge on any atom is 0.337 e. The highest BCUT2D eigenvalue weighted by Crippen LogP contribution is 2.29. The van der Waals surface area contributed by atoms with Gasteiger partial charge in [-0.2, -0.15) is 0 Å². The SMILES string of the molecule is CCCCCCCC(Br)c1ccc(C(=O)OC)cc1. The number of methoxy groups -OCH3 is 1. The molecule has 0 aromatic heterocycles. The van der Waals surface area contributed by atoms with Gasteiger partial charge in [0.1, 0.15) is 0 Å². The smallest absolute Gasteiger partial charge is 0.337 e. The molecule has 0 heterocycles. The number of hydrogen-bond acceptors (Lipinski definition) is 2. The first kappa shape index (κ1) is 16.2. The minimum Gasteiger partial charge on any atom is -0.465 e. The molecule has 19 heavy (non-hydrogen) atoms. The molecule has 2 nitrogen and oxygen atoms in total. The van der Waals surface area contributed by atoms with Gasteiger partial charge in [0.2, 0.25) is 0 Å². The van der Waals surface area contributed by atoms with Crippen molar-refractivity contribution in [1.82, 2.24) is 0 Å². The summed E-state index contributed by atoms with van der Waals surface area (Å²) in [5.41, 5.74) is 1.83. The lowest BCUT2D eigenvalue weighted by atomic mass is 10.0. The van der Waals surface area contributed by atoms with E-state index in [4.69, 9.17) is 0 Å². The largest absolute Gasteiger partial charge is 0.465 e. The minimum atomic E-state index is -0.280. The summed E-state index contributed by atoms with van der Waals surface area (Å²) in [5, 5.41) is 0. The minimum absolute atomic E-state index is 0.280. The van der Waals surface area contributed by atoms with Gasteiger partial charge in [0.15, 0.2) is 0 Å². The molecule has 0 aliphatic heterocycles. The van der Waals surface area contributed by atoms with Gasteiger partial charge in [-0.05, 0) is 24.1 Å². The third-order valence-electron chi connectivity index (χ3n) is 3.25. The Labute approximate surface area is 124 Å². The fourth-order valence-corrected chi connectivity index (χ4v) is 2.67. The number of esters is 1. The second-order valence-corrected chi connectivity index (χ2v) is 5.89. The molecule has 0 aliphatic carbocycles. The molecule has 1 rings (SSSR count). The van der Waals surface area contributed by atoms with E-state index in [2.05, 4.69) is 27.6 Å². The Balaban J connectivity index is 2.40. The van der Waals surface area contributed by atoms with E-state index in [0.717, 1.165) is 6.42 Å². The van der Waals surface area contributed by atoms with Crippen molar-refractivity contribution >= 4 is 21.9 Å². The van der Waals surface area contributed by atoms with Crippen LogP contribution in [0.2, 0.25) is 0 Å². The van der Waals surface area contributed by atoms with Crippen LogP contribution in [0, 0.1) is 0 Å². The highest BCUT2D eigenvalue weighted by Gasteiger charge is 2.09. The molecular formula is C16H23BrO2. The Kier molecular flexibility index (Phi) is 7.80. The molecule has 0 bridgehead atoms. The lowest BCUT2D eigenvalue weighted by molar-refractivity contribution is 0.0600. The summed E-state index contributed by atoms with van der Waals surface area (Å²) in [6.07, 6.45) is 7.64. The van der Waals surface area contributed by atoms with Crippen LogP contribution in [0.1, 0.15) is 66.2 Å². The second kappa shape index (κ2) is 9.13. The highest BCUT2D eigenvalue weighted by molar-refractivity contribution is 9.09. The average Bonchev–Trinajstić information content (AvgIpc) is 2.46. The third-order valence-corrected chi connectivity index (χ3v) is 4.24. The van der Waals surface area contributed by atoms with Gasteiger partial charge in [-0.25, -0.2) is 4.79 Å². The van der Waals surface area contributed by atoms with Gasteiger partial charge in [0.25, 0.3) is 0 Å². The summed E-state index contributed by atoms with van der Waals surface area (Å²) in [5.74, 6) is -0.280. The zero-order chi connectivity index (χ0) is 14.1. The van der Waals surface area contributed by atoms with Crippen LogP contribution >= 0.6 is 15.9 Å². The zero-order valence-electron chi connectivity index (χ0n) is 11.8. The molecule has 0 radical (unpaired) electrons. The molecule has 0 aliphatic rings. The van der Waals surface area contributed by atoms with Gasteiger partial charge < -0.3 is 4.74 Å². The van der Waals surface area contributed by atoms with Crippen LogP contribution in [0.25, 0.3) is 0 Å². The number of alkyl halides is 1. The average molecular weight is 327 g/mol. The number of halogens is 1. The van der Waals surface area contributed by atoms with Crippen LogP contribution in [0.15, 0.2) is 24.3 Å². The molecular weight excluding hydrogens is 304 g/mol. The Morgan fingerprint density at radius 3 is 2.37 bits per heavy atom. The molecule has 1 unspecified atom stereocenters. The zero-order valence-corrected chi connectivity index (χ0v) is 13.4. The summed E-state index contributed by atoms with van der Waals surface area (Å²) in [7, 11) is 1.40. The summed E-state index contributed by atoms with van der Waals surface area (Å²) in [6, 6.07) is 7.65. The molecule has 0 N–H and O–H groups in total. The van der Waals surface area contributed by atoms with Crippen LogP contribution < -0.4 is 0 Å². The van der Waals surface area contributed by atoms with Gasteiger partial charge in [-0.15, -0.1) is 0 Å². The molecule has 1 atom stereocenters. The van der Waals surface area contributed by atoms with Crippen molar-refractivity contribution in [3.05, 3.63) is 35.4 Å². The molecule has 1 aromatic carbocycles. The molecule has 0 fully saturated rings. The van der Waals surface area contributed by atoms with Crippen molar-refractivity contribution in [3.63, 3.8) is 0 Å². The first-order chi connectivity index (χ1) is 9.19. The fraction of sp³-hybridized carbons (Fsp3) is 0.562. The van der Waals surface area contributed by atoms with E-state index in [0.29, 0.717) is 10.4 Å². The van der Waals surface area contributed by atoms with Gasteiger partial charge >= 0.3 is 5.97 Å². The van der Waals surface area contributed by atoms with E-state index in [1.165, 1.54) is 44.8 Å². The monoisotopic (exact) mass is 326 g/mol. The van der Waals surface area contributed by atoms with E-state index in [1.54, 1.807) is 0 Å². The van der Waals surface area contributed by atoms with Crippen LogP contribution in [0.5, 0.6) is 0 Å². The van der Waals surface area contributed by atoms with Crippen LogP contribution in [0.3, 0.4) is 0 Å². The molecule has 0 saturated heterocycles. The molecule has 0 amide bonds. The number of carbonyl (C=O) groups excluding carboxylic acids is 1. The Morgan fingerprint density at radius 1 is 1.16 bits per heavy atom. The molecule has 0 saturated carbocycles. The van der Waals surface area contributed by atoms with E-state index in [-0.39, 0.29) is 5.97 Å². The maximum atomic E-state index is 11.3. The topological polar surface area (TPSA) is 26.3 Å². The van der Waals surface area contributed by atoms with Crippen molar-refractivity contribution in [3.8, 4) is 0 Å². The van der Waals surface area contributed by atoms with Crippen LogP contribution in [-0.4, -0.2) is 13.1 Å². The number of carbonyl (C=O) groups is 1. The summed E-state index contributed by atoms with van der Waals surface area (Å²) in [4.78, 5) is 11.7. The number of ether oxygens (including phenoxy) is 1. The van der Waals surface area contributed by atoms with Gasteiger partial charge in [0, 0.05) is 4.83 Å². The van der Waals surface area contributed by atoms with Crippen molar-refractivity contribution in [2.45, 2.75) is 50.3 Å². The van der Waals surface area contributed by atoms with Gasteiger partial charge in [-0.1, -0.05) is 67.1 Å². The summed E-state index contributed by atoms with van der Waals surface area (Å²) < 4.78 is 4.69. The number of hydrogen-bond donors (Lipinski definition) is 0. The molecule has 106 valence electrons. The number of rotatable bonds is 8. The van der Waals surface area contributed by atoms with E-state index in [9.17, 15) is 4.79 Å². The quantitative estimate of drug-likeness (QED) is 0.369. The van der Waals surface area contributed by atoms with E-state index < -0.39 is 0 Å². The Bertz CT molecular complexity index is 373. The van der Waals surface area contributed by atoms with Crippen LogP contribution in [0.4, 0.5) is 0 Å². The van der Waals surface area contributed by atoms with E-state index in [1.807, 2.05) is 24.3 Å². The lowest BCUT2D eigenvalue weighted by Crippen LogP contribution is -2.01. The molecule has 0 spiro atoms. The van der Waals surface area contributed by atoms with Gasteiger partial charge in [-0.3, -0.25) is 0 Å². The summed E-state index contributed by atoms with van der Waals surface area (Å²) >= 11 is 3.72. The Hall–Kier alpha value is -0.830. The molecule has 3 heteroatoms. The predicted octanol–water partition coefficient (Wildman–Crippen LogP) is 5.27. The normalized spacial score (nSPS) is 12.2. The fourth-order valence-electron chi connectivity index (χ4n) is 2.04. The number of unbranched alkanes of at least 4 members (excludes halogenated alkanes) is 4. The van der Waals surface area contributed by atoms with E-state index >= 15 is 0 Å². The third kappa shape index (κ3) is 5.77. The maximum absolute atomic E-state index is 11.3. The van der Waals surface area contributed by atoms with Crippen LogP contribution in [-0.2, 0) is 4.74 Å². The first-order valence-electron chi connectivity index (χ1n) is 7.01. The lowest BCUT2D eigenvalue weighted by Gasteiger charge is -2.10. The Morgan fingerprint density at radius 2 is 1.79 bits per heavy atom. The van der Waals surface area contributed by atoms with Gasteiger partial charge in [0.05, 0.1) is 12.7 Å². The highest BCUT2D eigenvalue weighted by atomic mass is 79.9. The second-order valence-electron chi connectivity index (χ2n) is 4.78. The van der Waals surface area contributed by atoms with Crippen molar-refractivity contribution in [1.29, 1.82) is 0 Å². The number of benzene rings is 1. The van der Waals surface area contributed by atoms with Crippen molar-refractivity contribution in [2.24, 2.45) is 0 Å². The summed E-state index contributed by atoms with van der Waals surface area (Å²) in [6.45, 7) is 2.23. The predicted molar refractivity (Wildman–Crippen MR) is 82.8 cm³/mol.